The number of amides is 1. The van der Waals surface area contributed by atoms with Gasteiger partial charge in [0.2, 0.25) is 0 Å². The Kier molecular flexibility index (Phi) is 5.59. The summed E-state index contributed by atoms with van der Waals surface area (Å²) in [6, 6.07) is 0.351. The van der Waals surface area contributed by atoms with Crippen LogP contribution >= 0.6 is 0 Å². The van der Waals surface area contributed by atoms with E-state index in [2.05, 4.69) is 30.6 Å². The SMILES string of the molecule is CCCO[C@@H]1CCCN(C(=O)c2cnn([C@H](C)CC)c2C2CC2)C1. The van der Waals surface area contributed by atoms with Gasteiger partial charge >= 0.3 is 0 Å². The van der Waals surface area contributed by atoms with Gasteiger partial charge in [-0.05, 0) is 45.4 Å². The van der Waals surface area contributed by atoms with Gasteiger partial charge < -0.3 is 9.64 Å². The van der Waals surface area contributed by atoms with Crippen LogP contribution in [0.3, 0.4) is 0 Å². The van der Waals surface area contributed by atoms with Gasteiger partial charge in [0.15, 0.2) is 0 Å². The van der Waals surface area contributed by atoms with E-state index in [9.17, 15) is 4.79 Å². The first-order valence-electron chi connectivity index (χ1n) is 9.63. The molecule has 0 unspecified atom stereocenters. The molecule has 0 N–H and O–H groups in total. The Hall–Kier alpha value is -1.36. The predicted octanol–water partition coefficient (Wildman–Crippen LogP) is 3.76. The number of hydrogen-bond donors (Lipinski definition) is 0. The summed E-state index contributed by atoms with van der Waals surface area (Å²) in [5, 5.41) is 4.57. The zero-order chi connectivity index (χ0) is 17.1. The highest BCUT2D eigenvalue weighted by Crippen LogP contribution is 2.43. The Morgan fingerprint density at radius 2 is 2.17 bits per heavy atom. The number of hydrogen-bond acceptors (Lipinski definition) is 3. The third-order valence-electron chi connectivity index (χ3n) is 5.26. The van der Waals surface area contributed by atoms with Crippen molar-refractivity contribution in [1.82, 2.24) is 14.7 Å². The normalized spacial score (nSPS) is 22.6. The Labute approximate surface area is 145 Å². The molecule has 2 heterocycles. The van der Waals surface area contributed by atoms with E-state index in [1.807, 2.05) is 4.90 Å². The van der Waals surface area contributed by atoms with Crippen LogP contribution in [-0.2, 0) is 4.74 Å². The van der Waals surface area contributed by atoms with Crippen LogP contribution in [0.25, 0.3) is 0 Å². The van der Waals surface area contributed by atoms with Gasteiger partial charge in [0.1, 0.15) is 0 Å². The summed E-state index contributed by atoms with van der Waals surface area (Å²) in [7, 11) is 0. The zero-order valence-corrected chi connectivity index (χ0v) is 15.3. The first-order valence-corrected chi connectivity index (χ1v) is 9.63. The summed E-state index contributed by atoms with van der Waals surface area (Å²) in [6.45, 7) is 8.82. The summed E-state index contributed by atoms with van der Waals surface area (Å²) >= 11 is 0. The maximum Gasteiger partial charge on any atom is 0.257 e. The molecule has 0 radical (unpaired) electrons. The Morgan fingerprint density at radius 1 is 1.38 bits per heavy atom. The molecule has 24 heavy (non-hydrogen) atoms. The molecular weight excluding hydrogens is 302 g/mol. The minimum absolute atomic E-state index is 0.149. The van der Waals surface area contributed by atoms with Crippen molar-refractivity contribution >= 4 is 5.91 Å². The van der Waals surface area contributed by atoms with E-state index in [-0.39, 0.29) is 12.0 Å². The smallest absolute Gasteiger partial charge is 0.257 e. The second kappa shape index (κ2) is 7.68. The average molecular weight is 333 g/mol. The van der Waals surface area contributed by atoms with Gasteiger partial charge in [0.05, 0.1) is 23.6 Å². The molecule has 1 amide bonds. The van der Waals surface area contributed by atoms with Crippen molar-refractivity contribution in [3.05, 3.63) is 17.5 Å². The Morgan fingerprint density at radius 3 is 2.83 bits per heavy atom. The molecular formula is C19H31N3O2. The van der Waals surface area contributed by atoms with E-state index in [4.69, 9.17) is 4.74 Å². The molecule has 3 rings (SSSR count). The van der Waals surface area contributed by atoms with E-state index in [1.54, 1.807) is 6.20 Å². The molecule has 0 spiro atoms. The van der Waals surface area contributed by atoms with Gasteiger partial charge in [0.25, 0.3) is 5.91 Å². The standard InChI is InChI=1S/C19H31N3O2/c1-4-11-24-16-7-6-10-21(13-16)19(23)17-12-20-22(14(3)5-2)18(17)15-8-9-15/h12,14-16H,4-11,13H2,1-3H3/t14-,16-/m1/s1. The molecule has 1 aliphatic carbocycles. The lowest BCUT2D eigenvalue weighted by Gasteiger charge is -2.32. The maximum absolute atomic E-state index is 13.1. The molecule has 1 saturated heterocycles. The molecule has 134 valence electrons. The maximum atomic E-state index is 13.1. The van der Waals surface area contributed by atoms with Gasteiger partial charge in [-0.15, -0.1) is 0 Å². The van der Waals surface area contributed by atoms with E-state index < -0.39 is 0 Å². The van der Waals surface area contributed by atoms with Gasteiger partial charge in [-0.1, -0.05) is 13.8 Å². The predicted molar refractivity (Wildman–Crippen MR) is 94.4 cm³/mol. The van der Waals surface area contributed by atoms with Crippen LogP contribution in [-0.4, -0.2) is 46.4 Å². The average Bonchev–Trinajstić information content (AvgIpc) is 3.37. The fourth-order valence-electron chi connectivity index (χ4n) is 3.54. The van der Waals surface area contributed by atoms with Crippen molar-refractivity contribution in [3.63, 3.8) is 0 Å². The van der Waals surface area contributed by atoms with Gasteiger partial charge in [-0.3, -0.25) is 9.48 Å². The van der Waals surface area contributed by atoms with Crippen molar-refractivity contribution in [3.8, 4) is 0 Å². The molecule has 2 atom stereocenters. The number of piperidine rings is 1. The van der Waals surface area contributed by atoms with E-state index in [0.29, 0.717) is 12.0 Å². The second-order valence-corrected chi connectivity index (χ2v) is 7.31. The van der Waals surface area contributed by atoms with Crippen molar-refractivity contribution in [2.45, 2.75) is 77.4 Å². The van der Waals surface area contributed by atoms with Crippen LogP contribution in [0.4, 0.5) is 0 Å². The lowest BCUT2D eigenvalue weighted by molar-refractivity contribution is 0.00206. The summed E-state index contributed by atoms with van der Waals surface area (Å²) in [5.74, 6) is 0.675. The summed E-state index contributed by atoms with van der Waals surface area (Å²) in [5.41, 5.74) is 2.00. The summed E-state index contributed by atoms with van der Waals surface area (Å²) < 4.78 is 7.98. The van der Waals surface area contributed by atoms with Crippen LogP contribution in [0.2, 0.25) is 0 Å². The van der Waals surface area contributed by atoms with Gasteiger partial charge in [0, 0.05) is 31.7 Å². The minimum atomic E-state index is 0.149. The third kappa shape index (κ3) is 3.66. The first-order chi connectivity index (χ1) is 11.7. The van der Waals surface area contributed by atoms with Gasteiger partial charge in [-0.25, -0.2) is 0 Å². The number of nitrogens with zero attached hydrogens (tertiary/aromatic N) is 3. The third-order valence-corrected chi connectivity index (χ3v) is 5.26. The number of ether oxygens (including phenoxy) is 1. The van der Waals surface area contributed by atoms with Crippen molar-refractivity contribution in [2.75, 3.05) is 19.7 Å². The molecule has 0 aromatic carbocycles. The largest absolute Gasteiger partial charge is 0.376 e. The number of likely N-dealkylation sites (tertiary alicyclic amines) is 1. The highest BCUT2D eigenvalue weighted by atomic mass is 16.5. The Balaban J connectivity index is 1.76. The highest BCUT2D eigenvalue weighted by molar-refractivity contribution is 5.95. The second-order valence-electron chi connectivity index (χ2n) is 7.31. The van der Waals surface area contributed by atoms with Crippen LogP contribution in [0.1, 0.15) is 87.3 Å². The number of rotatable bonds is 7. The molecule has 1 aromatic rings. The van der Waals surface area contributed by atoms with E-state index in [1.165, 1.54) is 18.5 Å². The zero-order valence-electron chi connectivity index (χ0n) is 15.3. The highest BCUT2D eigenvalue weighted by Gasteiger charge is 2.35. The fraction of sp³-hybridized carbons (Fsp3) is 0.789. The topological polar surface area (TPSA) is 47.4 Å². The van der Waals surface area contributed by atoms with Crippen LogP contribution in [0.5, 0.6) is 0 Å². The summed E-state index contributed by atoms with van der Waals surface area (Å²) in [4.78, 5) is 15.1. The Bertz CT molecular complexity index is 565. The summed E-state index contributed by atoms with van der Waals surface area (Å²) in [6.07, 6.45) is 8.51. The van der Waals surface area contributed by atoms with Crippen molar-refractivity contribution in [1.29, 1.82) is 0 Å². The quantitative estimate of drug-likeness (QED) is 0.763. The van der Waals surface area contributed by atoms with E-state index in [0.717, 1.165) is 50.9 Å². The van der Waals surface area contributed by atoms with Crippen LogP contribution < -0.4 is 0 Å². The molecule has 1 aliphatic heterocycles. The molecule has 0 bridgehead atoms. The number of carbonyl (C=O) groups is 1. The molecule has 2 aliphatic rings. The lowest BCUT2D eigenvalue weighted by atomic mass is 10.1. The van der Waals surface area contributed by atoms with Crippen molar-refractivity contribution < 1.29 is 9.53 Å². The lowest BCUT2D eigenvalue weighted by Crippen LogP contribution is -2.43. The molecule has 1 saturated carbocycles. The molecule has 5 heteroatoms. The number of carbonyl (C=O) groups excluding carboxylic acids is 1. The monoisotopic (exact) mass is 333 g/mol. The molecule has 2 fully saturated rings. The fourth-order valence-corrected chi connectivity index (χ4v) is 3.54. The number of aromatic nitrogens is 2. The first kappa shape index (κ1) is 17.5. The molecule has 5 nitrogen and oxygen atoms in total. The van der Waals surface area contributed by atoms with Gasteiger partial charge in [-0.2, -0.15) is 5.10 Å². The van der Waals surface area contributed by atoms with Crippen LogP contribution in [0.15, 0.2) is 6.20 Å². The minimum Gasteiger partial charge on any atom is -0.376 e. The van der Waals surface area contributed by atoms with Crippen molar-refractivity contribution in [2.24, 2.45) is 0 Å². The molecule has 1 aromatic heterocycles. The van der Waals surface area contributed by atoms with Crippen LogP contribution in [0, 0.1) is 0 Å². The van der Waals surface area contributed by atoms with E-state index >= 15 is 0 Å².